The smallest absolute Gasteiger partial charge is 0.228 e. The highest BCUT2D eigenvalue weighted by molar-refractivity contribution is 7.17. The molecule has 1 aliphatic carbocycles. The molecule has 1 aromatic carbocycles. The number of thiazole rings is 1. The van der Waals surface area contributed by atoms with E-state index in [0.29, 0.717) is 16.6 Å². The Hall–Kier alpha value is -2.32. The van der Waals surface area contributed by atoms with Crippen molar-refractivity contribution in [2.24, 2.45) is 5.73 Å². The molecule has 2 aliphatic rings. The number of primary amides is 1. The van der Waals surface area contributed by atoms with Gasteiger partial charge in [-0.3, -0.25) is 4.79 Å². The lowest BCUT2D eigenvalue weighted by Gasteiger charge is -2.40. The van der Waals surface area contributed by atoms with E-state index in [1.165, 1.54) is 11.3 Å². The number of nitrogens with zero attached hydrogens (tertiary/aromatic N) is 2. The Morgan fingerprint density at radius 1 is 1.32 bits per heavy atom. The number of amides is 1. The first kappa shape index (κ1) is 19.0. The summed E-state index contributed by atoms with van der Waals surface area (Å²) in [7, 11) is 1.62. The molecule has 4 rings (SSSR count). The number of morpholine rings is 1. The van der Waals surface area contributed by atoms with Gasteiger partial charge in [0.05, 0.1) is 31.9 Å². The number of methoxy groups -OCH3 is 1. The standard InChI is InChI=1S/C20H25N3O4S/c1-13-15(27-16-12-22-19(28-16)23-8-10-26-11-9-23)5-4-14(17(13)25-2)20(18(21)24)6-3-7-20/h4-5,12H,3,6-11H2,1-2H3,(H2,21,24). The van der Waals surface area contributed by atoms with E-state index >= 15 is 0 Å². The summed E-state index contributed by atoms with van der Waals surface area (Å²) in [5.74, 6) is 1.08. The van der Waals surface area contributed by atoms with Crippen molar-refractivity contribution in [1.29, 1.82) is 0 Å². The zero-order valence-electron chi connectivity index (χ0n) is 16.2. The van der Waals surface area contributed by atoms with E-state index in [-0.39, 0.29) is 5.91 Å². The predicted octanol–water partition coefficient (Wildman–Crippen LogP) is 3.00. The van der Waals surface area contributed by atoms with E-state index in [4.69, 9.17) is 19.9 Å². The van der Waals surface area contributed by atoms with Gasteiger partial charge >= 0.3 is 0 Å². The Bertz CT molecular complexity index is 872. The minimum atomic E-state index is -0.622. The first-order chi connectivity index (χ1) is 13.5. The summed E-state index contributed by atoms with van der Waals surface area (Å²) in [5, 5.41) is 1.65. The van der Waals surface area contributed by atoms with Crippen LogP contribution >= 0.6 is 11.3 Å². The van der Waals surface area contributed by atoms with Crippen LogP contribution in [0.3, 0.4) is 0 Å². The summed E-state index contributed by atoms with van der Waals surface area (Å²) in [4.78, 5) is 18.8. The number of anilines is 1. The molecule has 7 nitrogen and oxygen atoms in total. The van der Waals surface area contributed by atoms with Crippen LogP contribution in [0.5, 0.6) is 16.6 Å². The van der Waals surface area contributed by atoms with Crippen LogP contribution in [-0.4, -0.2) is 44.3 Å². The van der Waals surface area contributed by atoms with E-state index in [1.54, 1.807) is 13.3 Å². The molecule has 1 aromatic heterocycles. The van der Waals surface area contributed by atoms with E-state index in [9.17, 15) is 4.79 Å². The van der Waals surface area contributed by atoms with Gasteiger partial charge < -0.3 is 24.8 Å². The van der Waals surface area contributed by atoms with Crippen molar-refractivity contribution in [1.82, 2.24) is 4.98 Å². The second-order valence-corrected chi connectivity index (χ2v) is 8.20. The maximum atomic E-state index is 12.1. The number of ether oxygens (including phenoxy) is 3. The van der Waals surface area contributed by atoms with Crippen molar-refractivity contribution in [3.05, 3.63) is 29.5 Å². The first-order valence-electron chi connectivity index (χ1n) is 9.49. The quantitative estimate of drug-likeness (QED) is 0.798. The number of carbonyl (C=O) groups excluding carboxylic acids is 1. The average molecular weight is 404 g/mol. The molecule has 1 saturated heterocycles. The Morgan fingerprint density at radius 3 is 2.68 bits per heavy atom. The van der Waals surface area contributed by atoms with Crippen LogP contribution in [0.4, 0.5) is 5.13 Å². The number of benzene rings is 1. The molecule has 28 heavy (non-hydrogen) atoms. The molecule has 1 aliphatic heterocycles. The predicted molar refractivity (Wildman–Crippen MR) is 108 cm³/mol. The first-order valence-corrected chi connectivity index (χ1v) is 10.3. The van der Waals surface area contributed by atoms with Crippen molar-refractivity contribution < 1.29 is 19.0 Å². The molecule has 2 heterocycles. The topological polar surface area (TPSA) is 86.9 Å². The molecule has 0 spiro atoms. The third kappa shape index (κ3) is 3.20. The van der Waals surface area contributed by atoms with Crippen LogP contribution in [0.1, 0.15) is 30.4 Å². The molecule has 1 saturated carbocycles. The third-order valence-electron chi connectivity index (χ3n) is 5.72. The highest BCUT2D eigenvalue weighted by Crippen LogP contribution is 2.49. The molecular weight excluding hydrogens is 378 g/mol. The number of carbonyl (C=O) groups is 1. The number of hydrogen-bond acceptors (Lipinski definition) is 7. The van der Waals surface area contributed by atoms with E-state index in [2.05, 4.69) is 9.88 Å². The van der Waals surface area contributed by atoms with Crippen LogP contribution in [0, 0.1) is 6.92 Å². The maximum absolute atomic E-state index is 12.1. The number of rotatable bonds is 6. The summed E-state index contributed by atoms with van der Waals surface area (Å²) < 4.78 is 17.2. The van der Waals surface area contributed by atoms with Crippen LogP contribution < -0.4 is 20.1 Å². The molecule has 0 radical (unpaired) electrons. The summed E-state index contributed by atoms with van der Waals surface area (Å²) in [5.41, 5.74) is 6.82. The summed E-state index contributed by atoms with van der Waals surface area (Å²) in [6.45, 7) is 5.05. The van der Waals surface area contributed by atoms with Gasteiger partial charge in [0, 0.05) is 24.2 Å². The largest absolute Gasteiger partial charge is 0.496 e. The van der Waals surface area contributed by atoms with Gasteiger partial charge in [0.1, 0.15) is 11.5 Å². The van der Waals surface area contributed by atoms with Crippen molar-refractivity contribution in [3.63, 3.8) is 0 Å². The number of nitrogens with two attached hydrogens (primary N) is 1. The molecule has 0 atom stereocenters. The fourth-order valence-electron chi connectivity index (χ4n) is 3.91. The number of hydrogen-bond donors (Lipinski definition) is 1. The van der Waals surface area contributed by atoms with Gasteiger partial charge in [0.2, 0.25) is 11.0 Å². The summed E-state index contributed by atoms with van der Waals surface area (Å²) in [6, 6.07) is 3.80. The molecule has 2 aromatic rings. The minimum absolute atomic E-state index is 0.289. The average Bonchev–Trinajstić information content (AvgIpc) is 3.12. The van der Waals surface area contributed by atoms with Gasteiger partial charge in [-0.05, 0) is 25.8 Å². The molecule has 150 valence electrons. The van der Waals surface area contributed by atoms with E-state index in [1.807, 2.05) is 19.1 Å². The molecule has 0 unspecified atom stereocenters. The maximum Gasteiger partial charge on any atom is 0.228 e. The van der Waals surface area contributed by atoms with Crippen LogP contribution in [0.2, 0.25) is 0 Å². The summed E-state index contributed by atoms with van der Waals surface area (Å²) in [6.07, 6.45) is 4.26. The van der Waals surface area contributed by atoms with Gasteiger partial charge in [-0.25, -0.2) is 4.98 Å². The highest BCUT2D eigenvalue weighted by atomic mass is 32.1. The zero-order valence-corrected chi connectivity index (χ0v) is 17.0. The molecule has 2 fully saturated rings. The summed E-state index contributed by atoms with van der Waals surface area (Å²) >= 11 is 1.51. The highest BCUT2D eigenvalue weighted by Gasteiger charge is 2.46. The van der Waals surface area contributed by atoms with Gasteiger partial charge in [0.15, 0.2) is 5.13 Å². The van der Waals surface area contributed by atoms with Crippen molar-refractivity contribution in [3.8, 4) is 16.6 Å². The Kier molecular flexibility index (Phi) is 5.16. The van der Waals surface area contributed by atoms with Crippen molar-refractivity contribution >= 4 is 22.4 Å². The lowest BCUT2D eigenvalue weighted by Crippen LogP contribution is -2.47. The van der Waals surface area contributed by atoms with Gasteiger partial charge in [-0.15, -0.1) is 0 Å². The van der Waals surface area contributed by atoms with Crippen molar-refractivity contribution in [2.75, 3.05) is 38.3 Å². The second-order valence-electron chi connectivity index (χ2n) is 7.23. The molecule has 8 heteroatoms. The molecular formula is C20H25N3O4S. The molecule has 2 N–H and O–H groups in total. The number of aromatic nitrogens is 1. The fourth-order valence-corrected chi connectivity index (χ4v) is 4.74. The van der Waals surface area contributed by atoms with Gasteiger partial charge in [-0.2, -0.15) is 0 Å². The second kappa shape index (κ2) is 7.60. The normalized spacial score (nSPS) is 18.4. The molecule has 0 bridgehead atoms. The van der Waals surface area contributed by atoms with Crippen molar-refractivity contribution in [2.45, 2.75) is 31.6 Å². The van der Waals surface area contributed by atoms with Crippen LogP contribution in [-0.2, 0) is 14.9 Å². The third-order valence-corrected chi connectivity index (χ3v) is 6.66. The Balaban J connectivity index is 1.59. The Morgan fingerprint density at radius 2 is 2.07 bits per heavy atom. The molecule has 1 amide bonds. The lowest BCUT2D eigenvalue weighted by molar-refractivity contribution is -0.126. The van der Waals surface area contributed by atoms with Gasteiger partial charge in [0.25, 0.3) is 0 Å². The minimum Gasteiger partial charge on any atom is -0.496 e. The lowest BCUT2D eigenvalue weighted by atomic mass is 9.63. The van der Waals surface area contributed by atoms with Crippen LogP contribution in [0.25, 0.3) is 0 Å². The van der Waals surface area contributed by atoms with Gasteiger partial charge in [-0.1, -0.05) is 23.8 Å². The van der Waals surface area contributed by atoms with E-state index < -0.39 is 5.41 Å². The van der Waals surface area contributed by atoms with Crippen LogP contribution in [0.15, 0.2) is 18.3 Å². The fraction of sp³-hybridized carbons (Fsp3) is 0.500. The Labute approximate surface area is 168 Å². The SMILES string of the molecule is COc1c(C2(C(N)=O)CCC2)ccc(Oc2cnc(N3CCOCC3)s2)c1C. The monoisotopic (exact) mass is 403 g/mol. The van der Waals surface area contributed by atoms with E-state index in [0.717, 1.165) is 61.8 Å². The zero-order chi connectivity index (χ0) is 19.7.